The lowest BCUT2D eigenvalue weighted by Gasteiger charge is -2.30. The first kappa shape index (κ1) is 21.4. The molecule has 0 saturated carbocycles. The van der Waals surface area contributed by atoms with Gasteiger partial charge < -0.3 is 9.64 Å². The second kappa shape index (κ2) is 8.74. The first-order chi connectivity index (χ1) is 14.8. The average molecular weight is 421 g/mol. The molecule has 5 nitrogen and oxygen atoms in total. The van der Waals surface area contributed by atoms with E-state index in [0.29, 0.717) is 25.4 Å². The molecule has 2 heterocycles. The number of hydrogen-bond acceptors (Lipinski definition) is 3. The number of carbonyl (C=O) groups excluding carboxylic acids is 2. The molecule has 0 aromatic heterocycles. The molecule has 2 fully saturated rings. The van der Waals surface area contributed by atoms with Crippen molar-refractivity contribution in [3.63, 3.8) is 0 Å². The van der Waals surface area contributed by atoms with Crippen molar-refractivity contribution in [3.8, 4) is 0 Å². The fourth-order valence-electron chi connectivity index (χ4n) is 4.73. The van der Waals surface area contributed by atoms with E-state index in [1.54, 1.807) is 4.90 Å². The van der Waals surface area contributed by atoms with Gasteiger partial charge in [-0.1, -0.05) is 60.7 Å². The summed E-state index contributed by atoms with van der Waals surface area (Å²) in [5.74, 6) is 0.532. The molecule has 164 valence electrons. The van der Waals surface area contributed by atoms with Crippen molar-refractivity contribution >= 4 is 12.0 Å². The van der Waals surface area contributed by atoms with Gasteiger partial charge in [0, 0.05) is 31.5 Å². The van der Waals surface area contributed by atoms with Crippen LogP contribution in [0.25, 0.3) is 0 Å². The lowest BCUT2D eigenvalue weighted by Crippen LogP contribution is -2.48. The molecule has 0 N–H and O–H groups in total. The number of carbonyl (C=O) groups is 2. The van der Waals surface area contributed by atoms with Gasteiger partial charge in [-0.05, 0) is 44.7 Å². The Morgan fingerprint density at radius 1 is 0.871 bits per heavy atom. The maximum Gasteiger partial charge on any atom is 0.410 e. The smallest absolute Gasteiger partial charge is 0.410 e. The lowest BCUT2D eigenvalue weighted by molar-refractivity contribution is -0.134. The topological polar surface area (TPSA) is 49.9 Å². The molecule has 5 heteroatoms. The van der Waals surface area contributed by atoms with Crippen molar-refractivity contribution in [3.05, 3.63) is 71.8 Å². The zero-order chi connectivity index (χ0) is 22.0. The Bertz CT molecular complexity index is 907. The Hall–Kier alpha value is -2.82. The summed E-state index contributed by atoms with van der Waals surface area (Å²) in [4.78, 5) is 30.1. The van der Waals surface area contributed by atoms with Crippen molar-refractivity contribution in [2.45, 2.75) is 57.1 Å². The molecule has 2 aliphatic rings. The molecule has 2 saturated heterocycles. The molecular formula is C26H32N2O3. The second-order valence-electron chi connectivity index (χ2n) is 9.67. The third-order valence-electron chi connectivity index (χ3n) is 6.26. The van der Waals surface area contributed by atoms with E-state index in [4.69, 9.17) is 4.74 Å². The van der Waals surface area contributed by atoms with Crippen LogP contribution in [-0.2, 0) is 9.53 Å². The average Bonchev–Trinajstić information content (AvgIpc) is 3.41. The van der Waals surface area contributed by atoms with E-state index in [9.17, 15) is 9.59 Å². The molecule has 0 spiro atoms. The Kier molecular flexibility index (Phi) is 6.03. The van der Waals surface area contributed by atoms with E-state index in [1.807, 2.05) is 62.1 Å². The zero-order valence-corrected chi connectivity index (χ0v) is 18.7. The molecular weight excluding hydrogens is 388 g/mol. The van der Waals surface area contributed by atoms with E-state index < -0.39 is 17.7 Å². The predicted molar refractivity (Wildman–Crippen MR) is 121 cm³/mol. The van der Waals surface area contributed by atoms with Gasteiger partial charge in [0.2, 0.25) is 5.91 Å². The Morgan fingerprint density at radius 2 is 1.45 bits per heavy atom. The van der Waals surface area contributed by atoms with E-state index in [1.165, 1.54) is 5.56 Å². The van der Waals surface area contributed by atoms with Gasteiger partial charge in [0.1, 0.15) is 11.6 Å². The summed E-state index contributed by atoms with van der Waals surface area (Å²) in [6, 6.07) is 20.0. The number of nitrogens with zero attached hydrogens (tertiary/aromatic N) is 2. The van der Waals surface area contributed by atoms with Crippen molar-refractivity contribution in [1.29, 1.82) is 0 Å². The van der Waals surface area contributed by atoms with Crippen LogP contribution in [0.4, 0.5) is 4.79 Å². The molecule has 2 aliphatic heterocycles. The summed E-state index contributed by atoms with van der Waals surface area (Å²) >= 11 is 0. The zero-order valence-electron chi connectivity index (χ0n) is 18.7. The standard InChI is InChI=1S/C26H32N2O3/c1-26(2,3)31-25(30)28-18-22(20-12-8-5-9-13-20)16-23(28)24(29)27-15-14-21(17-27)19-10-6-4-7-11-19/h4-13,21-23H,14-18H2,1-3H3/t21-,22-,23-/m0/s1. The summed E-state index contributed by atoms with van der Waals surface area (Å²) in [7, 11) is 0. The lowest BCUT2D eigenvalue weighted by atomic mass is 9.96. The van der Waals surface area contributed by atoms with Gasteiger partial charge in [0.15, 0.2) is 0 Å². The Balaban J connectivity index is 1.51. The summed E-state index contributed by atoms with van der Waals surface area (Å²) < 4.78 is 5.66. The number of rotatable bonds is 3. The van der Waals surface area contributed by atoms with Crippen LogP contribution in [0.15, 0.2) is 60.7 Å². The maximum absolute atomic E-state index is 13.6. The third-order valence-corrected chi connectivity index (χ3v) is 6.26. The molecule has 0 bridgehead atoms. The third kappa shape index (κ3) is 4.92. The number of hydrogen-bond donors (Lipinski definition) is 0. The fourth-order valence-corrected chi connectivity index (χ4v) is 4.73. The van der Waals surface area contributed by atoms with Gasteiger partial charge >= 0.3 is 6.09 Å². The maximum atomic E-state index is 13.6. The Labute approximate surface area is 185 Å². The van der Waals surface area contributed by atoms with Crippen molar-refractivity contribution < 1.29 is 14.3 Å². The quantitative estimate of drug-likeness (QED) is 0.717. The van der Waals surface area contributed by atoms with Gasteiger partial charge in [-0.3, -0.25) is 9.69 Å². The molecule has 31 heavy (non-hydrogen) atoms. The highest BCUT2D eigenvalue weighted by Crippen LogP contribution is 2.35. The van der Waals surface area contributed by atoms with E-state index in [2.05, 4.69) is 24.3 Å². The minimum absolute atomic E-state index is 0.0442. The first-order valence-electron chi connectivity index (χ1n) is 11.2. The monoisotopic (exact) mass is 420 g/mol. The molecule has 2 aromatic carbocycles. The number of amides is 2. The number of benzene rings is 2. The highest BCUT2D eigenvalue weighted by molar-refractivity contribution is 5.87. The summed E-state index contributed by atoms with van der Waals surface area (Å²) in [6.07, 6.45) is 1.19. The molecule has 2 aromatic rings. The Morgan fingerprint density at radius 3 is 2.03 bits per heavy atom. The minimum Gasteiger partial charge on any atom is -0.444 e. The van der Waals surface area contributed by atoms with Crippen LogP contribution in [0.5, 0.6) is 0 Å². The van der Waals surface area contributed by atoms with E-state index >= 15 is 0 Å². The van der Waals surface area contributed by atoms with E-state index in [-0.39, 0.29) is 11.8 Å². The van der Waals surface area contributed by atoms with Crippen LogP contribution < -0.4 is 0 Å². The highest BCUT2D eigenvalue weighted by atomic mass is 16.6. The van der Waals surface area contributed by atoms with Crippen LogP contribution in [0.3, 0.4) is 0 Å². The van der Waals surface area contributed by atoms with Crippen molar-refractivity contribution in [1.82, 2.24) is 9.80 Å². The number of likely N-dealkylation sites (tertiary alicyclic amines) is 2. The van der Waals surface area contributed by atoms with Crippen LogP contribution >= 0.6 is 0 Å². The summed E-state index contributed by atoms with van der Waals surface area (Å²) in [5, 5.41) is 0. The van der Waals surface area contributed by atoms with Crippen LogP contribution in [0.1, 0.15) is 56.6 Å². The SMILES string of the molecule is CC(C)(C)OC(=O)N1C[C@@H](c2ccccc2)C[C@H]1C(=O)N1CC[C@H](c2ccccc2)C1. The van der Waals surface area contributed by atoms with E-state index in [0.717, 1.165) is 18.5 Å². The summed E-state index contributed by atoms with van der Waals surface area (Å²) in [6.45, 7) is 7.52. The molecule has 4 rings (SSSR count). The van der Waals surface area contributed by atoms with Crippen molar-refractivity contribution in [2.75, 3.05) is 19.6 Å². The van der Waals surface area contributed by atoms with Gasteiger partial charge in [-0.2, -0.15) is 0 Å². The molecule has 2 amide bonds. The minimum atomic E-state index is -0.596. The highest BCUT2D eigenvalue weighted by Gasteiger charge is 2.44. The molecule has 0 aliphatic carbocycles. The van der Waals surface area contributed by atoms with Crippen LogP contribution in [0.2, 0.25) is 0 Å². The second-order valence-corrected chi connectivity index (χ2v) is 9.67. The van der Waals surface area contributed by atoms with Crippen molar-refractivity contribution in [2.24, 2.45) is 0 Å². The summed E-state index contributed by atoms with van der Waals surface area (Å²) in [5.41, 5.74) is 1.84. The predicted octanol–water partition coefficient (Wildman–Crippen LogP) is 4.80. The largest absolute Gasteiger partial charge is 0.444 e. The van der Waals surface area contributed by atoms with Crippen LogP contribution in [0, 0.1) is 0 Å². The van der Waals surface area contributed by atoms with Crippen LogP contribution in [-0.4, -0.2) is 53.1 Å². The fraction of sp³-hybridized carbons (Fsp3) is 0.462. The normalized spacial score (nSPS) is 23.8. The number of ether oxygens (including phenoxy) is 1. The van der Waals surface area contributed by atoms with Gasteiger partial charge in [0.25, 0.3) is 0 Å². The van der Waals surface area contributed by atoms with Gasteiger partial charge in [0.05, 0.1) is 0 Å². The molecule has 0 radical (unpaired) electrons. The van der Waals surface area contributed by atoms with Gasteiger partial charge in [-0.15, -0.1) is 0 Å². The first-order valence-corrected chi connectivity index (χ1v) is 11.2. The molecule has 3 atom stereocenters. The molecule has 0 unspecified atom stereocenters. The van der Waals surface area contributed by atoms with Gasteiger partial charge in [-0.25, -0.2) is 4.79 Å².